The number of thiocarbonyl (C=S) groups is 1. The summed E-state index contributed by atoms with van der Waals surface area (Å²) in [6, 6.07) is 19.9. The molecular formula is C30H24FNS. The number of fused-ring (bicyclic) bond motifs is 1. The summed E-state index contributed by atoms with van der Waals surface area (Å²) in [5.74, 6) is 7.14. The zero-order valence-corrected chi connectivity index (χ0v) is 19.2. The number of allylic oxidation sites excluding steroid dienone is 1. The number of benzene rings is 3. The number of halogens is 1. The summed E-state index contributed by atoms with van der Waals surface area (Å²) in [7, 11) is 0. The van der Waals surface area contributed by atoms with Crippen molar-refractivity contribution in [3.05, 3.63) is 94.3 Å². The van der Waals surface area contributed by atoms with Crippen LogP contribution >= 0.6 is 12.2 Å². The lowest BCUT2D eigenvalue weighted by atomic mass is 9.97. The molecular weight excluding hydrogens is 425 g/mol. The van der Waals surface area contributed by atoms with Gasteiger partial charge in [0.05, 0.1) is 5.16 Å². The van der Waals surface area contributed by atoms with E-state index < -0.39 is 5.82 Å². The molecule has 2 aliphatic rings. The van der Waals surface area contributed by atoms with Gasteiger partial charge in [-0.2, -0.15) is 4.99 Å². The van der Waals surface area contributed by atoms with Crippen molar-refractivity contribution >= 4 is 29.1 Å². The third kappa shape index (κ3) is 5.04. The Bertz CT molecular complexity index is 1330. The summed E-state index contributed by atoms with van der Waals surface area (Å²) in [5, 5.41) is 2.21. The Balaban J connectivity index is 1.27. The van der Waals surface area contributed by atoms with E-state index in [4.69, 9.17) is 0 Å². The van der Waals surface area contributed by atoms with Crippen LogP contribution in [0.5, 0.6) is 0 Å². The van der Waals surface area contributed by atoms with Crippen molar-refractivity contribution in [2.24, 2.45) is 10.9 Å². The second kappa shape index (κ2) is 9.67. The van der Waals surface area contributed by atoms with Crippen molar-refractivity contribution in [1.29, 1.82) is 0 Å². The van der Waals surface area contributed by atoms with Crippen LogP contribution in [0.3, 0.4) is 0 Å². The Labute approximate surface area is 200 Å². The van der Waals surface area contributed by atoms with E-state index in [9.17, 15) is 4.39 Å². The standard InChI is InChI=1S/C30H24FNS/c31-29-19-27(13-14-30(29)32-20-33)26-12-11-25-16-24(17-28(25)18-26)10-7-21-5-8-23(9-6-21)15-22-3-1-2-4-22/h5-6,8-9,11-14,16,18-19,22H,1-4,15,17H2. The Morgan fingerprint density at radius 1 is 0.909 bits per heavy atom. The highest BCUT2D eigenvalue weighted by Gasteiger charge is 2.15. The fourth-order valence-corrected chi connectivity index (χ4v) is 4.95. The van der Waals surface area contributed by atoms with Gasteiger partial charge in [-0.25, -0.2) is 4.39 Å². The van der Waals surface area contributed by atoms with E-state index in [-0.39, 0.29) is 5.69 Å². The Hall–Kier alpha value is -3.31. The molecule has 0 spiro atoms. The Kier molecular flexibility index (Phi) is 6.31. The van der Waals surface area contributed by atoms with Gasteiger partial charge in [0.1, 0.15) is 11.5 Å². The van der Waals surface area contributed by atoms with Crippen LogP contribution in [0.4, 0.5) is 10.1 Å². The monoisotopic (exact) mass is 449 g/mol. The average Bonchev–Trinajstić information content (AvgIpc) is 3.49. The molecule has 5 rings (SSSR count). The molecule has 1 saturated carbocycles. The van der Waals surface area contributed by atoms with Crippen LogP contribution < -0.4 is 0 Å². The highest BCUT2D eigenvalue weighted by Crippen LogP contribution is 2.32. The number of nitrogens with zero attached hydrogens (tertiary/aromatic N) is 1. The fourth-order valence-electron chi connectivity index (χ4n) is 4.85. The largest absolute Gasteiger partial charge is 0.205 e. The highest BCUT2D eigenvalue weighted by atomic mass is 32.1. The molecule has 0 aliphatic heterocycles. The molecule has 0 radical (unpaired) electrons. The van der Waals surface area contributed by atoms with Gasteiger partial charge in [-0.1, -0.05) is 73.9 Å². The number of hydrogen-bond donors (Lipinski definition) is 0. The first kappa shape index (κ1) is 21.5. The van der Waals surface area contributed by atoms with E-state index in [0.717, 1.165) is 34.6 Å². The predicted octanol–water partition coefficient (Wildman–Crippen LogP) is 7.95. The van der Waals surface area contributed by atoms with E-state index in [0.29, 0.717) is 0 Å². The minimum atomic E-state index is -0.399. The van der Waals surface area contributed by atoms with Gasteiger partial charge in [-0.3, -0.25) is 0 Å². The minimum Gasteiger partial charge on any atom is -0.205 e. The van der Waals surface area contributed by atoms with Gasteiger partial charge < -0.3 is 0 Å². The molecule has 0 amide bonds. The first-order valence-electron chi connectivity index (χ1n) is 11.5. The molecule has 0 aromatic heterocycles. The first-order valence-corrected chi connectivity index (χ1v) is 11.9. The van der Waals surface area contributed by atoms with E-state index in [1.165, 1.54) is 54.9 Å². The molecule has 0 N–H and O–H groups in total. The molecule has 3 aromatic rings. The molecule has 162 valence electrons. The van der Waals surface area contributed by atoms with E-state index in [2.05, 4.69) is 76.7 Å². The van der Waals surface area contributed by atoms with Gasteiger partial charge in [0.15, 0.2) is 0 Å². The molecule has 0 bridgehead atoms. The number of aliphatic imine (C=N–C) groups is 1. The van der Waals surface area contributed by atoms with Crippen molar-refractivity contribution in [1.82, 2.24) is 0 Å². The minimum absolute atomic E-state index is 0.209. The van der Waals surface area contributed by atoms with Crippen LogP contribution in [0, 0.1) is 23.6 Å². The Morgan fingerprint density at radius 3 is 2.42 bits per heavy atom. The summed E-state index contributed by atoms with van der Waals surface area (Å²) in [6.45, 7) is 0. The lowest BCUT2D eigenvalue weighted by molar-refractivity contribution is 0.546. The molecule has 33 heavy (non-hydrogen) atoms. The average molecular weight is 450 g/mol. The van der Waals surface area contributed by atoms with Gasteiger partial charge >= 0.3 is 0 Å². The molecule has 0 heterocycles. The van der Waals surface area contributed by atoms with Crippen molar-refractivity contribution in [3.63, 3.8) is 0 Å². The van der Waals surface area contributed by atoms with Crippen LogP contribution in [-0.2, 0) is 12.8 Å². The van der Waals surface area contributed by atoms with Crippen LogP contribution in [-0.4, -0.2) is 5.16 Å². The molecule has 0 unspecified atom stereocenters. The molecule has 0 atom stereocenters. The quantitative estimate of drug-likeness (QED) is 0.224. The van der Waals surface area contributed by atoms with Crippen molar-refractivity contribution in [2.75, 3.05) is 0 Å². The SMILES string of the molecule is Fc1cc(-c2ccc3c(c2)CC(C#Cc2ccc(CC4CCCC4)cc2)=C3)ccc1N=C=S. The van der Waals surface area contributed by atoms with Crippen molar-refractivity contribution < 1.29 is 4.39 Å². The number of hydrogen-bond acceptors (Lipinski definition) is 2. The van der Waals surface area contributed by atoms with Crippen LogP contribution in [0.2, 0.25) is 0 Å². The van der Waals surface area contributed by atoms with Gasteiger partial charge in [-0.05, 0) is 82.7 Å². The van der Waals surface area contributed by atoms with Crippen LogP contribution in [0.1, 0.15) is 47.9 Å². The van der Waals surface area contributed by atoms with Gasteiger partial charge in [0, 0.05) is 17.6 Å². The first-order chi connectivity index (χ1) is 16.2. The zero-order valence-electron chi connectivity index (χ0n) is 18.4. The van der Waals surface area contributed by atoms with Crippen LogP contribution in [0.15, 0.2) is 71.2 Å². The Morgan fingerprint density at radius 2 is 1.67 bits per heavy atom. The van der Waals surface area contributed by atoms with E-state index in [1.807, 2.05) is 12.1 Å². The zero-order chi connectivity index (χ0) is 22.6. The van der Waals surface area contributed by atoms with Gasteiger partial charge in [0.25, 0.3) is 0 Å². The van der Waals surface area contributed by atoms with Crippen LogP contribution in [0.25, 0.3) is 17.2 Å². The summed E-state index contributed by atoms with van der Waals surface area (Å²) < 4.78 is 14.2. The molecule has 3 aromatic carbocycles. The van der Waals surface area contributed by atoms with Crippen molar-refractivity contribution in [3.8, 4) is 23.0 Å². The number of rotatable bonds is 4. The molecule has 0 saturated heterocycles. The second-order valence-electron chi connectivity index (χ2n) is 8.93. The molecule has 1 fully saturated rings. The third-order valence-corrected chi connectivity index (χ3v) is 6.71. The summed E-state index contributed by atoms with van der Waals surface area (Å²) in [6.07, 6.45) is 9.67. The maximum absolute atomic E-state index is 14.2. The topological polar surface area (TPSA) is 12.4 Å². The fraction of sp³-hybridized carbons (Fsp3) is 0.233. The van der Waals surface area contributed by atoms with Crippen molar-refractivity contribution in [2.45, 2.75) is 38.5 Å². The molecule has 1 nitrogen and oxygen atoms in total. The maximum atomic E-state index is 14.2. The third-order valence-electron chi connectivity index (χ3n) is 6.62. The highest BCUT2D eigenvalue weighted by molar-refractivity contribution is 7.78. The number of isothiocyanates is 1. The molecule has 3 heteroatoms. The van der Waals surface area contributed by atoms with Gasteiger partial charge in [-0.15, -0.1) is 0 Å². The second-order valence-corrected chi connectivity index (χ2v) is 9.11. The smallest absolute Gasteiger partial charge is 0.150 e. The predicted molar refractivity (Wildman–Crippen MR) is 137 cm³/mol. The summed E-state index contributed by atoms with van der Waals surface area (Å²) >= 11 is 4.57. The summed E-state index contributed by atoms with van der Waals surface area (Å²) in [5.41, 5.74) is 7.97. The van der Waals surface area contributed by atoms with E-state index >= 15 is 0 Å². The molecule has 2 aliphatic carbocycles. The lowest BCUT2D eigenvalue weighted by Gasteiger charge is -2.08. The summed E-state index contributed by atoms with van der Waals surface area (Å²) in [4.78, 5) is 3.75. The maximum Gasteiger partial charge on any atom is 0.150 e. The van der Waals surface area contributed by atoms with Gasteiger partial charge in [0.2, 0.25) is 0 Å². The van der Waals surface area contributed by atoms with E-state index in [1.54, 1.807) is 6.07 Å². The lowest BCUT2D eigenvalue weighted by Crippen LogP contribution is -1.98. The normalized spacial score (nSPS) is 14.8.